The number of H-pyrrole nitrogens is 1. The zero-order valence-corrected chi connectivity index (χ0v) is 19.1. The second-order valence-corrected chi connectivity index (χ2v) is 9.84. The lowest BCUT2D eigenvalue weighted by atomic mass is 9.87. The lowest BCUT2D eigenvalue weighted by Gasteiger charge is -2.43. The molecule has 1 saturated carbocycles. The molecule has 0 radical (unpaired) electrons. The summed E-state index contributed by atoms with van der Waals surface area (Å²) in [5.74, 6) is -2.74. The van der Waals surface area contributed by atoms with E-state index in [1.807, 2.05) is 31.2 Å². The number of amides is 1. The number of fused-ring (bicyclic) bond motifs is 3. The van der Waals surface area contributed by atoms with Crippen LogP contribution in [0.25, 0.3) is 10.9 Å². The molecule has 1 aliphatic carbocycles. The van der Waals surface area contributed by atoms with Gasteiger partial charge in [-0.05, 0) is 51.0 Å². The van der Waals surface area contributed by atoms with Gasteiger partial charge in [0.15, 0.2) is 0 Å². The van der Waals surface area contributed by atoms with Crippen molar-refractivity contribution in [1.29, 1.82) is 0 Å². The van der Waals surface area contributed by atoms with E-state index in [-0.39, 0.29) is 35.8 Å². The van der Waals surface area contributed by atoms with E-state index in [9.17, 15) is 13.6 Å². The highest BCUT2D eigenvalue weighted by Crippen LogP contribution is 2.43. The number of halogens is 4. The van der Waals surface area contributed by atoms with E-state index in [1.165, 1.54) is 13.8 Å². The molecule has 5 rings (SSSR count). The summed E-state index contributed by atoms with van der Waals surface area (Å²) in [4.78, 5) is 21.0. The lowest BCUT2D eigenvalue weighted by molar-refractivity contribution is 0.0642. The van der Waals surface area contributed by atoms with E-state index in [2.05, 4.69) is 9.98 Å². The number of benzene rings is 2. The van der Waals surface area contributed by atoms with Crippen LogP contribution in [-0.2, 0) is 6.42 Å². The Labute approximate surface area is 194 Å². The molecule has 0 saturated heterocycles. The highest BCUT2D eigenvalue weighted by molar-refractivity contribution is 6.12. The first kappa shape index (κ1) is 22.8. The fourth-order valence-corrected chi connectivity index (χ4v) is 4.90. The molecule has 34 heavy (non-hydrogen) atoms. The molecule has 0 spiro atoms. The van der Waals surface area contributed by atoms with Gasteiger partial charge >= 0.3 is 0 Å². The van der Waals surface area contributed by atoms with Crippen molar-refractivity contribution in [3.05, 3.63) is 70.4 Å². The Morgan fingerprint density at radius 1 is 1.18 bits per heavy atom. The largest absolute Gasteiger partial charge is 0.357 e. The molecule has 178 valence electrons. The minimum atomic E-state index is -1.61. The maximum Gasteiger partial charge on any atom is 0.277 e. The summed E-state index contributed by atoms with van der Waals surface area (Å²) in [5, 5.41) is 0.960. The summed E-state index contributed by atoms with van der Waals surface area (Å²) in [5.41, 5.74) is 0.302. The molecule has 1 aliphatic heterocycles. The Hall–Kier alpha value is -3.00. The van der Waals surface area contributed by atoms with Crippen LogP contribution < -0.4 is 0 Å². The third kappa shape index (κ3) is 4.04. The molecule has 2 heterocycles. The number of aromatic amines is 1. The number of rotatable bonds is 4. The molecule has 3 atom stereocenters. The predicted octanol–water partition coefficient (Wildman–Crippen LogP) is 5.85. The van der Waals surface area contributed by atoms with Gasteiger partial charge in [0.25, 0.3) is 5.91 Å². The Balaban J connectivity index is 1.65. The Kier molecular flexibility index (Phi) is 5.39. The molecule has 2 aliphatic rings. The SMILES string of the molecule is C[C@@H]1Cc2c([nH]c3ccccc23)[C@@H](c2c(F)cc(C(=O)/N=C3/C[C@@H]3F)cc2F)N1CC(C)(C)F. The van der Waals surface area contributed by atoms with Crippen molar-refractivity contribution in [1.82, 2.24) is 9.88 Å². The van der Waals surface area contributed by atoms with Crippen LogP contribution in [0.4, 0.5) is 17.6 Å². The Morgan fingerprint density at radius 3 is 2.44 bits per heavy atom. The smallest absolute Gasteiger partial charge is 0.277 e. The van der Waals surface area contributed by atoms with Gasteiger partial charge in [-0.3, -0.25) is 9.69 Å². The van der Waals surface area contributed by atoms with Crippen LogP contribution in [0.3, 0.4) is 0 Å². The van der Waals surface area contributed by atoms with Crippen molar-refractivity contribution in [3.63, 3.8) is 0 Å². The zero-order valence-electron chi connectivity index (χ0n) is 19.1. The van der Waals surface area contributed by atoms with Gasteiger partial charge in [0.1, 0.15) is 23.5 Å². The number of hydrogen-bond acceptors (Lipinski definition) is 2. The number of carbonyl (C=O) groups is 1. The molecule has 0 bridgehead atoms. The maximum atomic E-state index is 15.5. The Bertz CT molecular complexity index is 1300. The van der Waals surface area contributed by atoms with E-state index in [4.69, 9.17) is 0 Å². The van der Waals surface area contributed by atoms with E-state index >= 15 is 8.78 Å². The van der Waals surface area contributed by atoms with Gasteiger partial charge in [-0.2, -0.15) is 0 Å². The fraction of sp³-hybridized carbons (Fsp3) is 0.385. The first-order chi connectivity index (χ1) is 16.0. The minimum absolute atomic E-state index is 0.0429. The number of aromatic nitrogens is 1. The quantitative estimate of drug-likeness (QED) is 0.485. The van der Waals surface area contributed by atoms with Crippen LogP contribution >= 0.6 is 0 Å². The highest BCUT2D eigenvalue weighted by Gasteiger charge is 2.41. The molecule has 3 aromatic rings. The highest BCUT2D eigenvalue weighted by atomic mass is 19.1. The number of para-hydroxylation sites is 1. The average molecular weight is 471 g/mol. The molecule has 1 amide bonds. The summed E-state index contributed by atoms with van der Waals surface area (Å²) in [6.45, 7) is 4.73. The van der Waals surface area contributed by atoms with E-state index in [0.29, 0.717) is 12.1 Å². The summed E-state index contributed by atoms with van der Waals surface area (Å²) in [6, 6.07) is 8.36. The molecular weight excluding hydrogens is 446 g/mol. The molecule has 1 fully saturated rings. The van der Waals surface area contributed by atoms with Crippen molar-refractivity contribution in [3.8, 4) is 0 Å². The van der Waals surface area contributed by atoms with Gasteiger partial charge < -0.3 is 4.98 Å². The first-order valence-electron chi connectivity index (χ1n) is 11.3. The van der Waals surface area contributed by atoms with Crippen LogP contribution in [0.5, 0.6) is 0 Å². The third-order valence-corrected chi connectivity index (χ3v) is 6.51. The van der Waals surface area contributed by atoms with Gasteiger partial charge in [-0.1, -0.05) is 18.2 Å². The van der Waals surface area contributed by atoms with Gasteiger partial charge in [-0.15, -0.1) is 0 Å². The van der Waals surface area contributed by atoms with Crippen LogP contribution in [0.2, 0.25) is 0 Å². The number of carbonyl (C=O) groups excluding carboxylic acids is 1. The number of alkyl halides is 2. The van der Waals surface area contributed by atoms with Crippen molar-refractivity contribution in [2.75, 3.05) is 6.54 Å². The number of nitrogens with zero attached hydrogens (tertiary/aromatic N) is 2. The van der Waals surface area contributed by atoms with Crippen molar-refractivity contribution in [2.45, 2.75) is 57.5 Å². The normalized spacial score (nSPS) is 24.0. The monoisotopic (exact) mass is 471 g/mol. The molecule has 1 aromatic heterocycles. The minimum Gasteiger partial charge on any atom is -0.357 e. The van der Waals surface area contributed by atoms with E-state index in [0.717, 1.165) is 28.6 Å². The zero-order chi connectivity index (χ0) is 24.4. The molecule has 4 nitrogen and oxygen atoms in total. The first-order valence-corrected chi connectivity index (χ1v) is 11.3. The molecule has 2 aromatic carbocycles. The number of aliphatic imine (C=N–C) groups is 1. The molecule has 1 N–H and O–H groups in total. The second kappa shape index (κ2) is 8.05. The summed E-state index contributed by atoms with van der Waals surface area (Å²) < 4.78 is 58.9. The standard InChI is InChI=1S/C26H25F4N3O/c1-13-8-16-15-6-4-5-7-20(15)31-23(16)24(33(13)12-26(2,3)30)22-18(28)9-14(10-19(22)29)25(34)32-21-11-17(21)27/h4-7,9-10,13,17,24,31H,8,11-12H2,1-3H3/b32-21-/t13-,17+,24-/m1/s1. The fourth-order valence-electron chi connectivity index (χ4n) is 4.90. The van der Waals surface area contributed by atoms with Crippen molar-refractivity contribution >= 4 is 22.5 Å². The van der Waals surface area contributed by atoms with Crippen LogP contribution in [0.1, 0.15) is 60.4 Å². The summed E-state index contributed by atoms with van der Waals surface area (Å²) in [6.07, 6.45) is -0.612. The average Bonchev–Trinajstić information content (AvgIpc) is 3.31. The van der Waals surface area contributed by atoms with Crippen LogP contribution in [-0.4, -0.2) is 45.9 Å². The third-order valence-electron chi connectivity index (χ3n) is 6.51. The lowest BCUT2D eigenvalue weighted by Crippen LogP contribution is -2.48. The van der Waals surface area contributed by atoms with Crippen molar-refractivity contribution < 1.29 is 22.4 Å². The number of nitrogens with one attached hydrogen (secondary N) is 1. The summed E-state index contributed by atoms with van der Waals surface area (Å²) in [7, 11) is 0. The second-order valence-electron chi connectivity index (χ2n) is 9.84. The Morgan fingerprint density at radius 2 is 1.82 bits per heavy atom. The van der Waals surface area contributed by atoms with Gasteiger partial charge in [0, 0.05) is 46.7 Å². The molecule has 8 heteroatoms. The van der Waals surface area contributed by atoms with E-state index in [1.54, 1.807) is 4.90 Å². The maximum absolute atomic E-state index is 15.5. The number of hydrogen-bond donors (Lipinski definition) is 1. The van der Waals surface area contributed by atoms with Gasteiger partial charge in [0.05, 0.1) is 11.8 Å². The summed E-state index contributed by atoms with van der Waals surface area (Å²) >= 11 is 0. The molecule has 0 unspecified atom stereocenters. The topological polar surface area (TPSA) is 48.5 Å². The predicted molar refractivity (Wildman–Crippen MR) is 123 cm³/mol. The van der Waals surface area contributed by atoms with Gasteiger partial charge in [-0.25, -0.2) is 22.6 Å². The van der Waals surface area contributed by atoms with Crippen LogP contribution in [0.15, 0.2) is 41.4 Å². The van der Waals surface area contributed by atoms with Crippen molar-refractivity contribution in [2.24, 2.45) is 4.99 Å². The molecular formula is C26H25F4N3O. The van der Waals surface area contributed by atoms with Crippen LogP contribution in [0, 0.1) is 11.6 Å². The van der Waals surface area contributed by atoms with E-state index < -0.39 is 35.4 Å². The van der Waals surface area contributed by atoms with Gasteiger partial charge in [0.2, 0.25) is 0 Å².